The first-order valence-electron chi connectivity index (χ1n) is 8.69. The van der Waals surface area contributed by atoms with Crippen LogP contribution >= 0.6 is 0 Å². The monoisotopic (exact) mass is 285 g/mol. The molecular formula is C19H27NO. The Morgan fingerprint density at radius 2 is 1.86 bits per heavy atom. The highest BCUT2D eigenvalue weighted by atomic mass is 16.1. The van der Waals surface area contributed by atoms with Gasteiger partial charge >= 0.3 is 0 Å². The Bertz CT molecular complexity index is 502. The van der Waals surface area contributed by atoms with Gasteiger partial charge in [-0.05, 0) is 68.8 Å². The maximum Gasteiger partial charge on any atom is 0.179 e. The van der Waals surface area contributed by atoms with Gasteiger partial charge in [0.05, 0.1) is 6.04 Å². The standard InChI is InChI=1S/C19H27NO/c1-2-7-18(20-12-4-3-5-13-20)19(21)17-11-10-15-8-6-9-16(15)14-17/h10-11,14,18H,2-9,12-13H2,1H3. The van der Waals surface area contributed by atoms with Crippen molar-refractivity contribution in [2.75, 3.05) is 13.1 Å². The van der Waals surface area contributed by atoms with E-state index in [1.165, 1.54) is 43.2 Å². The van der Waals surface area contributed by atoms with Crippen LogP contribution in [0, 0.1) is 0 Å². The Morgan fingerprint density at radius 1 is 1.10 bits per heavy atom. The molecule has 1 saturated heterocycles. The molecule has 1 atom stereocenters. The van der Waals surface area contributed by atoms with Gasteiger partial charge in [-0.2, -0.15) is 0 Å². The SMILES string of the molecule is CCCC(C(=O)c1ccc2c(c1)CCC2)N1CCCCC1. The Kier molecular flexibility index (Phi) is 4.74. The summed E-state index contributed by atoms with van der Waals surface area (Å²) in [7, 11) is 0. The van der Waals surface area contributed by atoms with Gasteiger partial charge in [-0.3, -0.25) is 9.69 Å². The molecule has 114 valence electrons. The highest BCUT2D eigenvalue weighted by molar-refractivity contribution is 6.00. The number of hydrogen-bond acceptors (Lipinski definition) is 2. The van der Waals surface area contributed by atoms with Crippen LogP contribution < -0.4 is 0 Å². The maximum absolute atomic E-state index is 13.0. The van der Waals surface area contributed by atoms with Crippen LogP contribution in [0.2, 0.25) is 0 Å². The lowest BCUT2D eigenvalue weighted by Crippen LogP contribution is -2.44. The first kappa shape index (κ1) is 14.8. The lowest BCUT2D eigenvalue weighted by Gasteiger charge is -2.33. The average Bonchev–Trinajstić information content (AvgIpc) is 3.00. The average molecular weight is 285 g/mol. The zero-order chi connectivity index (χ0) is 14.7. The van der Waals surface area contributed by atoms with E-state index in [0.29, 0.717) is 5.78 Å². The second-order valence-electron chi connectivity index (χ2n) is 6.60. The lowest BCUT2D eigenvalue weighted by atomic mass is 9.95. The predicted molar refractivity (Wildman–Crippen MR) is 86.9 cm³/mol. The predicted octanol–water partition coefficient (Wildman–Crippen LogP) is 4.01. The van der Waals surface area contributed by atoms with E-state index in [-0.39, 0.29) is 6.04 Å². The van der Waals surface area contributed by atoms with E-state index in [9.17, 15) is 4.79 Å². The molecule has 1 unspecified atom stereocenters. The zero-order valence-corrected chi connectivity index (χ0v) is 13.2. The van der Waals surface area contributed by atoms with Crippen LogP contribution in [0.4, 0.5) is 0 Å². The van der Waals surface area contributed by atoms with Gasteiger partial charge in [0.2, 0.25) is 0 Å². The van der Waals surface area contributed by atoms with Crippen molar-refractivity contribution in [3.63, 3.8) is 0 Å². The number of piperidine rings is 1. The van der Waals surface area contributed by atoms with E-state index in [0.717, 1.165) is 37.9 Å². The molecule has 0 spiro atoms. The molecule has 0 radical (unpaired) electrons. The van der Waals surface area contributed by atoms with E-state index in [1.807, 2.05) is 0 Å². The minimum Gasteiger partial charge on any atom is -0.293 e. The molecular weight excluding hydrogens is 258 g/mol. The van der Waals surface area contributed by atoms with Gasteiger partial charge in [0, 0.05) is 5.56 Å². The number of Topliss-reactive ketones (excluding diaryl/α,β-unsaturated/α-hetero) is 1. The minimum atomic E-state index is 0.106. The molecule has 2 heteroatoms. The number of rotatable bonds is 5. The Morgan fingerprint density at radius 3 is 2.62 bits per heavy atom. The Balaban J connectivity index is 1.79. The fraction of sp³-hybridized carbons (Fsp3) is 0.632. The summed E-state index contributed by atoms with van der Waals surface area (Å²) >= 11 is 0. The minimum absolute atomic E-state index is 0.106. The Labute approximate surface area is 128 Å². The van der Waals surface area contributed by atoms with Crippen LogP contribution in [0.1, 0.15) is 66.9 Å². The number of carbonyl (C=O) groups is 1. The van der Waals surface area contributed by atoms with Crippen LogP contribution in [-0.4, -0.2) is 29.8 Å². The van der Waals surface area contributed by atoms with Gasteiger partial charge in [-0.1, -0.05) is 31.9 Å². The molecule has 2 nitrogen and oxygen atoms in total. The number of fused-ring (bicyclic) bond motifs is 1. The molecule has 0 N–H and O–H groups in total. The van der Waals surface area contributed by atoms with Crippen LogP contribution in [0.3, 0.4) is 0 Å². The molecule has 0 saturated carbocycles. The fourth-order valence-electron chi connectivity index (χ4n) is 3.90. The van der Waals surface area contributed by atoms with E-state index >= 15 is 0 Å². The highest BCUT2D eigenvalue weighted by Crippen LogP contribution is 2.25. The van der Waals surface area contributed by atoms with Crippen molar-refractivity contribution in [3.05, 3.63) is 34.9 Å². The smallest absolute Gasteiger partial charge is 0.179 e. The van der Waals surface area contributed by atoms with E-state index < -0.39 is 0 Å². The van der Waals surface area contributed by atoms with Crippen molar-refractivity contribution >= 4 is 5.78 Å². The first-order valence-corrected chi connectivity index (χ1v) is 8.69. The fourth-order valence-corrected chi connectivity index (χ4v) is 3.90. The van der Waals surface area contributed by atoms with Gasteiger partial charge < -0.3 is 0 Å². The van der Waals surface area contributed by atoms with Crippen LogP contribution in [0.15, 0.2) is 18.2 Å². The number of ketones is 1. The highest BCUT2D eigenvalue weighted by Gasteiger charge is 2.27. The normalized spacial score (nSPS) is 20.2. The van der Waals surface area contributed by atoms with Gasteiger partial charge in [0.1, 0.15) is 0 Å². The van der Waals surface area contributed by atoms with Crippen molar-refractivity contribution in [2.45, 2.75) is 64.3 Å². The molecule has 1 fully saturated rings. The van der Waals surface area contributed by atoms with Gasteiger partial charge in [0.15, 0.2) is 5.78 Å². The van der Waals surface area contributed by atoms with Crippen molar-refractivity contribution in [3.8, 4) is 0 Å². The summed E-state index contributed by atoms with van der Waals surface area (Å²) in [5.74, 6) is 0.355. The summed E-state index contributed by atoms with van der Waals surface area (Å²) in [4.78, 5) is 15.4. The largest absolute Gasteiger partial charge is 0.293 e. The molecule has 21 heavy (non-hydrogen) atoms. The Hall–Kier alpha value is -1.15. The van der Waals surface area contributed by atoms with Crippen molar-refractivity contribution in [1.29, 1.82) is 0 Å². The lowest BCUT2D eigenvalue weighted by molar-refractivity contribution is 0.0767. The number of carbonyl (C=O) groups excluding carboxylic acids is 1. The van der Waals surface area contributed by atoms with Gasteiger partial charge in [-0.15, -0.1) is 0 Å². The van der Waals surface area contributed by atoms with Crippen molar-refractivity contribution < 1.29 is 4.79 Å². The third-order valence-corrected chi connectivity index (χ3v) is 5.08. The molecule has 1 aliphatic heterocycles. The second-order valence-corrected chi connectivity index (χ2v) is 6.60. The second kappa shape index (κ2) is 6.74. The van der Waals surface area contributed by atoms with E-state index in [1.54, 1.807) is 0 Å². The summed E-state index contributed by atoms with van der Waals surface area (Å²) in [6.45, 7) is 4.38. The van der Waals surface area contributed by atoms with Crippen molar-refractivity contribution in [2.24, 2.45) is 0 Å². The molecule has 1 heterocycles. The molecule has 1 aromatic carbocycles. The van der Waals surface area contributed by atoms with E-state index in [2.05, 4.69) is 30.0 Å². The first-order chi connectivity index (χ1) is 10.3. The molecule has 3 rings (SSSR count). The third kappa shape index (κ3) is 3.21. The molecule has 0 bridgehead atoms. The zero-order valence-electron chi connectivity index (χ0n) is 13.2. The number of benzene rings is 1. The van der Waals surface area contributed by atoms with Crippen molar-refractivity contribution in [1.82, 2.24) is 4.90 Å². The summed E-state index contributed by atoms with van der Waals surface area (Å²) < 4.78 is 0. The van der Waals surface area contributed by atoms with E-state index in [4.69, 9.17) is 0 Å². The third-order valence-electron chi connectivity index (χ3n) is 5.08. The number of likely N-dealkylation sites (tertiary alicyclic amines) is 1. The molecule has 0 aromatic heterocycles. The van der Waals surface area contributed by atoms with Crippen LogP contribution in [0.5, 0.6) is 0 Å². The molecule has 2 aliphatic rings. The molecule has 1 aliphatic carbocycles. The molecule has 0 amide bonds. The summed E-state index contributed by atoms with van der Waals surface area (Å²) in [5.41, 5.74) is 3.81. The van der Waals surface area contributed by atoms with Crippen LogP contribution in [-0.2, 0) is 12.8 Å². The van der Waals surface area contributed by atoms with Crippen LogP contribution in [0.25, 0.3) is 0 Å². The van der Waals surface area contributed by atoms with Gasteiger partial charge in [0.25, 0.3) is 0 Å². The molecule has 1 aromatic rings. The summed E-state index contributed by atoms with van der Waals surface area (Å²) in [6.07, 6.45) is 9.48. The quantitative estimate of drug-likeness (QED) is 0.762. The summed E-state index contributed by atoms with van der Waals surface area (Å²) in [6, 6.07) is 6.54. The summed E-state index contributed by atoms with van der Waals surface area (Å²) in [5, 5.41) is 0. The van der Waals surface area contributed by atoms with Gasteiger partial charge in [-0.25, -0.2) is 0 Å². The topological polar surface area (TPSA) is 20.3 Å². The number of nitrogens with zero attached hydrogens (tertiary/aromatic N) is 1. The maximum atomic E-state index is 13.0. The number of hydrogen-bond donors (Lipinski definition) is 0. The number of aryl methyl sites for hydroxylation is 2.